The molecule has 1 aliphatic heterocycles. The van der Waals surface area contributed by atoms with Gasteiger partial charge in [0, 0.05) is 25.7 Å². The van der Waals surface area contributed by atoms with E-state index in [-0.39, 0.29) is 6.61 Å². The van der Waals surface area contributed by atoms with E-state index in [1.165, 1.54) is 6.42 Å². The number of hydrogen-bond donors (Lipinski definition) is 1. The number of aliphatic hydroxyl groups is 1. The summed E-state index contributed by atoms with van der Waals surface area (Å²) in [6, 6.07) is 4.46. The number of aliphatic hydroxyl groups excluding tert-OH is 1. The summed E-state index contributed by atoms with van der Waals surface area (Å²) in [5.74, 6) is 1.61. The fourth-order valence-corrected chi connectivity index (χ4v) is 2.41. The number of nitrogens with zero attached hydrogens (tertiary/aromatic N) is 2. The fraction of sp³-hybridized carbons (Fsp3) is 0.692. The third-order valence-corrected chi connectivity index (χ3v) is 3.59. The Hall–Kier alpha value is -0.840. The highest BCUT2D eigenvalue weighted by molar-refractivity contribution is 5.06. The van der Waals surface area contributed by atoms with Gasteiger partial charge in [-0.05, 0) is 25.6 Å². The maximum Gasteiger partial charge on any atom is 0.129 e. The van der Waals surface area contributed by atoms with Gasteiger partial charge in [-0.15, -0.1) is 0 Å². The summed E-state index contributed by atoms with van der Waals surface area (Å²) in [4.78, 5) is 4.85. The summed E-state index contributed by atoms with van der Waals surface area (Å²) < 4.78 is 5.53. The molecule has 1 aromatic rings. The summed E-state index contributed by atoms with van der Waals surface area (Å²) in [6.07, 6.45) is 1.19. The van der Waals surface area contributed by atoms with E-state index in [1.54, 1.807) is 0 Å². The van der Waals surface area contributed by atoms with Crippen molar-refractivity contribution >= 4 is 0 Å². The molecule has 1 atom stereocenters. The predicted molar refractivity (Wildman–Crippen MR) is 66.6 cm³/mol. The molecule has 0 aromatic carbocycles. The lowest BCUT2D eigenvalue weighted by molar-refractivity contribution is 0.0827. The van der Waals surface area contributed by atoms with Crippen molar-refractivity contribution in [1.82, 2.24) is 9.80 Å². The molecule has 1 N–H and O–H groups in total. The molecule has 2 rings (SSSR count). The van der Waals surface area contributed by atoms with E-state index >= 15 is 0 Å². The van der Waals surface area contributed by atoms with E-state index in [4.69, 9.17) is 9.52 Å². The Bertz CT molecular complexity index is 351. The zero-order valence-electron chi connectivity index (χ0n) is 10.7. The normalized spacial score (nSPS) is 23.1. The van der Waals surface area contributed by atoms with E-state index < -0.39 is 0 Å². The molecule has 4 heteroatoms. The molecule has 2 heterocycles. The fourth-order valence-electron chi connectivity index (χ4n) is 2.41. The average Bonchev–Trinajstić information content (AvgIpc) is 2.79. The van der Waals surface area contributed by atoms with Crippen molar-refractivity contribution in [2.75, 3.05) is 26.7 Å². The maximum absolute atomic E-state index is 8.96. The van der Waals surface area contributed by atoms with Crippen LogP contribution in [0.1, 0.15) is 24.9 Å². The van der Waals surface area contributed by atoms with Gasteiger partial charge in [0.2, 0.25) is 0 Å². The summed E-state index contributed by atoms with van der Waals surface area (Å²) >= 11 is 0. The monoisotopic (exact) mass is 238 g/mol. The first-order valence-electron chi connectivity index (χ1n) is 6.34. The molecule has 1 aliphatic rings. The van der Waals surface area contributed by atoms with Gasteiger partial charge in [0.15, 0.2) is 0 Å². The van der Waals surface area contributed by atoms with E-state index in [0.29, 0.717) is 11.8 Å². The molecular weight excluding hydrogens is 216 g/mol. The first-order valence-corrected chi connectivity index (χ1v) is 6.34. The minimum Gasteiger partial charge on any atom is -0.462 e. The summed E-state index contributed by atoms with van der Waals surface area (Å²) in [7, 11) is 2.20. The van der Waals surface area contributed by atoms with Crippen LogP contribution in [0.3, 0.4) is 0 Å². The Labute approximate surface area is 103 Å². The van der Waals surface area contributed by atoms with Crippen LogP contribution in [0.4, 0.5) is 0 Å². The molecule has 96 valence electrons. The van der Waals surface area contributed by atoms with Gasteiger partial charge in [0.05, 0.1) is 6.54 Å². The van der Waals surface area contributed by atoms with Gasteiger partial charge >= 0.3 is 0 Å². The first kappa shape index (κ1) is 12.6. The molecule has 0 spiro atoms. The highest BCUT2D eigenvalue weighted by atomic mass is 16.4. The number of rotatable bonds is 4. The van der Waals surface area contributed by atoms with Crippen molar-refractivity contribution in [3.05, 3.63) is 23.7 Å². The summed E-state index contributed by atoms with van der Waals surface area (Å²) in [5.41, 5.74) is 0. The molecule has 0 amide bonds. The van der Waals surface area contributed by atoms with Gasteiger partial charge in [-0.2, -0.15) is 0 Å². The van der Waals surface area contributed by atoms with Gasteiger partial charge in [0.1, 0.15) is 18.1 Å². The molecule has 0 radical (unpaired) electrons. The Morgan fingerprint density at radius 2 is 2.12 bits per heavy atom. The summed E-state index contributed by atoms with van der Waals surface area (Å²) in [6.45, 7) is 6.38. The van der Waals surface area contributed by atoms with Gasteiger partial charge in [-0.3, -0.25) is 4.90 Å². The minimum atomic E-state index is -0.0136. The predicted octanol–water partition coefficient (Wildman–Crippen LogP) is 1.30. The number of furan rings is 1. The van der Waals surface area contributed by atoms with Crippen molar-refractivity contribution < 1.29 is 9.52 Å². The molecule has 1 fully saturated rings. The second kappa shape index (κ2) is 5.67. The number of piperazine rings is 1. The lowest BCUT2D eigenvalue weighted by Gasteiger charge is -2.38. The van der Waals surface area contributed by atoms with Crippen LogP contribution in [0.2, 0.25) is 0 Å². The van der Waals surface area contributed by atoms with Crippen LogP contribution in [-0.2, 0) is 13.2 Å². The molecule has 1 unspecified atom stereocenters. The van der Waals surface area contributed by atoms with Gasteiger partial charge in [-0.1, -0.05) is 6.92 Å². The van der Waals surface area contributed by atoms with E-state index in [2.05, 4.69) is 23.8 Å². The standard InChI is InChI=1S/C13H22N2O2/c1-3-11-8-15(7-6-14(11)2)9-12-4-5-13(10-16)17-12/h4-5,11,16H,3,6-10H2,1-2H3. The second-order valence-electron chi connectivity index (χ2n) is 4.80. The maximum atomic E-state index is 8.96. The van der Waals surface area contributed by atoms with Crippen LogP contribution < -0.4 is 0 Å². The quantitative estimate of drug-likeness (QED) is 0.858. The Kier molecular flexibility index (Phi) is 4.20. The van der Waals surface area contributed by atoms with Gasteiger partial charge in [0.25, 0.3) is 0 Å². The van der Waals surface area contributed by atoms with Crippen LogP contribution in [-0.4, -0.2) is 47.6 Å². The molecule has 1 aromatic heterocycles. The Balaban J connectivity index is 1.90. The molecule has 4 nitrogen and oxygen atoms in total. The molecular formula is C13H22N2O2. The lowest BCUT2D eigenvalue weighted by atomic mass is 10.1. The van der Waals surface area contributed by atoms with Crippen LogP contribution >= 0.6 is 0 Å². The Morgan fingerprint density at radius 1 is 1.35 bits per heavy atom. The Morgan fingerprint density at radius 3 is 2.76 bits per heavy atom. The molecule has 0 bridgehead atoms. The largest absolute Gasteiger partial charge is 0.462 e. The number of hydrogen-bond acceptors (Lipinski definition) is 4. The third-order valence-electron chi connectivity index (χ3n) is 3.59. The zero-order valence-corrected chi connectivity index (χ0v) is 10.7. The first-order chi connectivity index (χ1) is 8.22. The minimum absolute atomic E-state index is 0.0136. The topological polar surface area (TPSA) is 39.9 Å². The molecule has 0 aliphatic carbocycles. The zero-order chi connectivity index (χ0) is 12.3. The molecule has 0 saturated carbocycles. The van der Waals surface area contributed by atoms with Gasteiger partial charge in [-0.25, -0.2) is 0 Å². The highest BCUT2D eigenvalue weighted by Crippen LogP contribution is 2.15. The molecule has 1 saturated heterocycles. The third kappa shape index (κ3) is 3.09. The smallest absolute Gasteiger partial charge is 0.129 e. The van der Waals surface area contributed by atoms with Crippen molar-refractivity contribution in [3.8, 4) is 0 Å². The van der Waals surface area contributed by atoms with Gasteiger partial charge < -0.3 is 14.4 Å². The van der Waals surface area contributed by atoms with Crippen molar-refractivity contribution in [1.29, 1.82) is 0 Å². The van der Waals surface area contributed by atoms with Crippen molar-refractivity contribution in [2.24, 2.45) is 0 Å². The SMILES string of the molecule is CCC1CN(Cc2ccc(CO)o2)CCN1C. The van der Waals surface area contributed by atoms with Crippen LogP contribution in [0.5, 0.6) is 0 Å². The highest BCUT2D eigenvalue weighted by Gasteiger charge is 2.23. The van der Waals surface area contributed by atoms with Crippen LogP contribution in [0.25, 0.3) is 0 Å². The van der Waals surface area contributed by atoms with E-state index in [0.717, 1.165) is 31.9 Å². The summed E-state index contributed by atoms with van der Waals surface area (Å²) in [5, 5.41) is 8.96. The lowest BCUT2D eigenvalue weighted by Crippen LogP contribution is -2.50. The van der Waals surface area contributed by atoms with Crippen molar-refractivity contribution in [2.45, 2.75) is 32.5 Å². The van der Waals surface area contributed by atoms with E-state index in [9.17, 15) is 0 Å². The van der Waals surface area contributed by atoms with Crippen molar-refractivity contribution in [3.63, 3.8) is 0 Å². The van der Waals surface area contributed by atoms with Crippen LogP contribution in [0.15, 0.2) is 16.5 Å². The van der Waals surface area contributed by atoms with E-state index in [1.807, 2.05) is 12.1 Å². The second-order valence-corrected chi connectivity index (χ2v) is 4.80. The average molecular weight is 238 g/mol. The number of likely N-dealkylation sites (N-methyl/N-ethyl adjacent to an activating group) is 1. The van der Waals surface area contributed by atoms with Crippen LogP contribution in [0, 0.1) is 0 Å². The molecule has 17 heavy (non-hydrogen) atoms.